The molecule has 0 bridgehead atoms. The van der Waals surface area contributed by atoms with Gasteiger partial charge in [-0.25, -0.2) is 0 Å². The lowest BCUT2D eigenvalue weighted by Gasteiger charge is -2.17. The van der Waals surface area contributed by atoms with Crippen LogP contribution in [0.25, 0.3) is 22.2 Å². The number of pyridine rings is 1. The Balaban J connectivity index is 1.22. The van der Waals surface area contributed by atoms with Crippen LogP contribution in [0, 0.1) is 0 Å². The maximum atomic E-state index is 13.7. The molecular formula is C31H28ClN5O2. The first kappa shape index (κ1) is 25.1. The zero-order valence-corrected chi connectivity index (χ0v) is 22.1. The van der Waals surface area contributed by atoms with Crippen molar-refractivity contribution >= 4 is 28.4 Å². The largest absolute Gasteiger partial charge is 0.357 e. The minimum atomic E-state index is -0.247. The minimum absolute atomic E-state index is 0.0636. The van der Waals surface area contributed by atoms with Crippen LogP contribution >= 0.6 is 11.6 Å². The molecule has 1 aliphatic rings. The predicted molar refractivity (Wildman–Crippen MR) is 153 cm³/mol. The Bertz CT molecular complexity index is 1660. The molecule has 0 unspecified atom stereocenters. The summed E-state index contributed by atoms with van der Waals surface area (Å²) < 4.78 is 1.55. The number of benzene rings is 2. The molecule has 1 saturated carbocycles. The van der Waals surface area contributed by atoms with E-state index in [4.69, 9.17) is 11.6 Å². The lowest BCUT2D eigenvalue weighted by molar-refractivity contribution is -0.121. The molecule has 1 aliphatic carbocycles. The van der Waals surface area contributed by atoms with E-state index in [1.165, 1.54) is 5.56 Å². The van der Waals surface area contributed by atoms with Crippen LogP contribution in [-0.2, 0) is 29.7 Å². The molecule has 7 nitrogen and oxygen atoms in total. The molecule has 8 heteroatoms. The van der Waals surface area contributed by atoms with Crippen molar-refractivity contribution in [3.05, 3.63) is 118 Å². The van der Waals surface area contributed by atoms with Crippen molar-refractivity contribution in [2.45, 2.75) is 44.2 Å². The molecule has 0 aliphatic heterocycles. The van der Waals surface area contributed by atoms with E-state index in [9.17, 15) is 9.59 Å². The number of carbonyl (C=O) groups excluding carboxylic acids is 1. The first-order valence-electron chi connectivity index (χ1n) is 13.1. The van der Waals surface area contributed by atoms with Gasteiger partial charge in [0.2, 0.25) is 5.91 Å². The van der Waals surface area contributed by atoms with Gasteiger partial charge in [-0.3, -0.25) is 24.1 Å². The summed E-state index contributed by atoms with van der Waals surface area (Å²) in [6, 6.07) is 21.4. The topological polar surface area (TPSA) is 92.7 Å². The van der Waals surface area contributed by atoms with Crippen LogP contribution in [0.3, 0.4) is 0 Å². The number of amides is 1. The van der Waals surface area contributed by atoms with Crippen LogP contribution in [0.4, 0.5) is 0 Å². The van der Waals surface area contributed by atoms with Gasteiger partial charge in [0.15, 0.2) is 0 Å². The molecule has 0 spiro atoms. The standard InChI is InChI=1S/C31H28ClN5O2/c32-24-8-6-23(7-9-24)31(13-14-31)12-10-27-30(39)37(28(19-34-27)21-4-2-1-3-5-21)20-29(38)35-18-25-16-22-17-33-15-11-26(22)36-25/h1-9,11,15-17,19,36H,10,12-14,18,20H2,(H,35,38). The maximum absolute atomic E-state index is 13.7. The number of carbonyl (C=O) groups is 1. The summed E-state index contributed by atoms with van der Waals surface area (Å²) >= 11 is 6.08. The highest BCUT2D eigenvalue weighted by atomic mass is 35.5. The molecule has 6 rings (SSSR count). The molecule has 3 heterocycles. The van der Waals surface area contributed by atoms with E-state index in [2.05, 4.69) is 32.4 Å². The van der Waals surface area contributed by atoms with Crippen molar-refractivity contribution in [1.29, 1.82) is 0 Å². The van der Waals surface area contributed by atoms with Gasteiger partial charge in [0.25, 0.3) is 5.56 Å². The SMILES string of the molecule is O=C(Cn1c(-c2ccccc2)cnc(CCC2(c3ccc(Cl)cc3)CC2)c1=O)NCc1cc2cnccc2[nH]1. The number of hydrogen-bond acceptors (Lipinski definition) is 4. The summed E-state index contributed by atoms with van der Waals surface area (Å²) in [5, 5.41) is 4.64. The van der Waals surface area contributed by atoms with Gasteiger partial charge in [0.05, 0.1) is 18.4 Å². The van der Waals surface area contributed by atoms with Gasteiger partial charge < -0.3 is 10.3 Å². The second-order valence-electron chi connectivity index (χ2n) is 10.2. The van der Waals surface area contributed by atoms with Gasteiger partial charge in [-0.1, -0.05) is 54.1 Å². The molecule has 0 radical (unpaired) electrons. The Morgan fingerprint density at radius 1 is 1.05 bits per heavy atom. The fourth-order valence-corrected chi connectivity index (χ4v) is 5.34. The zero-order valence-electron chi connectivity index (χ0n) is 21.4. The fourth-order valence-electron chi connectivity index (χ4n) is 5.21. The number of halogens is 1. The first-order chi connectivity index (χ1) is 19.0. The molecule has 5 aromatic rings. The van der Waals surface area contributed by atoms with Crippen LogP contribution < -0.4 is 10.9 Å². The van der Waals surface area contributed by atoms with Crippen molar-refractivity contribution in [3.8, 4) is 11.3 Å². The summed E-state index contributed by atoms with van der Waals surface area (Å²) in [5.41, 5.74) is 4.85. The summed E-state index contributed by atoms with van der Waals surface area (Å²) in [5.74, 6) is -0.247. The normalized spacial score (nSPS) is 13.9. The third-order valence-electron chi connectivity index (χ3n) is 7.60. The van der Waals surface area contributed by atoms with E-state index < -0.39 is 0 Å². The molecule has 2 N–H and O–H groups in total. The monoisotopic (exact) mass is 537 g/mol. The number of rotatable bonds is 9. The fraction of sp³-hybridized carbons (Fsp3) is 0.226. The van der Waals surface area contributed by atoms with Gasteiger partial charge in [0.1, 0.15) is 12.2 Å². The van der Waals surface area contributed by atoms with Gasteiger partial charge in [-0.2, -0.15) is 0 Å². The lowest BCUT2D eigenvalue weighted by Crippen LogP contribution is -2.35. The van der Waals surface area contributed by atoms with Gasteiger partial charge in [-0.15, -0.1) is 0 Å². The number of nitrogens with one attached hydrogen (secondary N) is 2. The van der Waals surface area contributed by atoms with Crippen molar-refractivity contribution in [2.24, 2.45) is 0 Å². The summed E-state index contributed by atoms with van der Waals surface area (Å²) in [4.78, 5) is 38.8. The quantitative estimate of drug-likeness (QED) is 0.262. The Morgan fingerprint density at radius 2 is 1.85 bits per heavy atom. The van der Waals surface area contributed by atoms with Gasteiger partial charge >= 0.3 is 0 Å². The van der Waals surface area contributed by atoms with Crippen LogP contribution in [0.15, 0.2) is 90.1 Å². The van der Waals surface area contributed by atoms with Gasteiger partial charge in [-0.05, 0) is 66.5 Å². The van der Waals surface area contributed by atoms with Crippen LogP contribution in [0.2, 0.25) is 5.02 Å². The molecule has 1 fully saturated rings. The van der Waals surface area contributed by atoms with E-state index >= 15 is 0 Å². The van der Waals surface area contributed by atoms with E-state index in [-0.39, 0.29) is 23.4 Å². The Hall–Kier alpha value is -4.23. The number of nitrogens with zero attached hydrogens (tertiary/aromatic N) is 3. The number of aromatic nitrogens is 4. The number of H-pyrrole nitrogens is 1. The maximum Gasteiger partial charge on any atom is 0.273 e. The van der Waals surface area contributed by atoms with Crippen molar-refractivity contribution < 1.29 is 4.79 Å². The van der Waals surface area contributed by atoms with Crippen molar-refractivity contribution in [1.82, 2.24) is 24.8 Å². The zero-order chi connectivity index (χ0) is 26.8. The predicted octanol–water partition coefficient (Wildman–Crippen LogP) is 5.42. The first-order valence-corrected chi connectivity index (χ1v) is 13.5. The lowest BCUT2D eigenvalue weighted by atomic mass is 9.90. The summed E-state index contributed by atoms with van der Waals surface area (Å²) in [6.45, 7) is 0.229. The Labute approximate surface area is 230 Å². The molecule has 2 aromatic carbocycles. The van der Waals surface area contributed by atoms with Crippen molar-refractivity contribution in [3.63, 3.8) is 0 Å². The van der Waals surface area contributed by atoms with E-state index in [0.29, 0.717) is 24.4 Å². The average molecular weight is 538 g/mol. The highest BCUT2D eigenvalue weighted by Crippen LogP contribution is 2.51. The van der Waals surface area contributed by atoms with E-state index in [1.807, 2.05) is 54.6 Å². The number of hydrogen-bond donors (Lipinski definition) is 2. The summed E-state index contributed by atoms with van der Waals surface area (Å²) in [6.07, 6.45) is 8.74. The third-order valence-corrected chi connectivity index (χ3v) is 7.85. The molecule has 1 amide bonds. The third kappa shape index (κ3) is 5.36. The number of aryl methyl sites for hydroxylation is 1. The Morgan fingerprint density at radius 3 is 2.59 bits per heavy atom. The molecule has 39 heavy (non-hydrogen) atoms. The molecule has 0 saturated heterocycles. The molecular weight excluding hydrogens is 510 g/mol. The number of aromatic amines is 1. The van der Waals surface area contributed by atoms with E-state index in [1.54, 1.807) is 23.2 Å². The van der Waals surface area contributed by atoms with Gasteiger partial charge in [0, 0.05) is 34.0 Å². The van der Waals surface area contributed by atoms with Crippen LogP contribution in [0.5, 0.6) is 0 Å². The Kier molecular flexibility index (Phi) is 6.75. The molecule has 0 atom stereocenters. The smallest absolute Gasteiger partial charge is 0.273 e. The number of fused-ring (bicyclic) bond motifs is 1. The van der Waals surface area contributed by atoms with E-state index in [0.717, 1.165) is 46.4 Å². The summed E-state index contributed by atoms with van der Waals surface area (Å²) in [7, 11) is 0. The van der Waals surface area contributed by atoms with Crippen LogP contribution in [0.1, 0.15) is 36.2 Å². The second kappa shape index (κ2) is 10.5. The molecule has 196 valence electrons. The highest BCUT2D eigenvalue weighted by Gasteiger charge is 2.43. The van der Waals surface area contributed by atoms with Crippen molar-refractivity contribution in [2.75, 3.05) is 0 Å². The highest BCUT2D eigenvalue weighted by molar-refractivity contribution is 6.30. The second-order valence-corrected chi connectivity index (χ2v) is 10.6. The molecule has 3 aromatic heterocycles. The van der Waals surface area contributed by atoms with Crippen LogP contribution in [-0.4, -0.2) is 25.4 Å². The minimum Gasteiger partial charge on any atom is -0.357 e. The average Bonchev–Trinajstić information content (AvgIpc) is 3.63.